The van der Waals surface area contributed by atoms with Crippen LogP contribution < -0.4 is 0 Å². The van der Waals surface area contributed by atoms with E-state index in [9.17, 15) is 0 Å². The van der Waals surface area contributed by atoms with Crippen molar-refractivity contribution in [2.75, 3.05) is 0 Å². The molecular weight excluding hydrogens is 593 g/mol. The van der Waals surface area contributed by atoms with Crippen LogP contribution in [0.25, 0.3) is 98.8 Å². The van der Waals surface area contributed by atoms with Gasteiger partial charge in [0.2, 0.25) is 0 Å². The van der Waals surface area contributed by atoms with Crippen LogP contribution in [0.15, 0.2) is 186 Å². The zero-order chi connectivity index (χ0) is 32.3. The number of hydrogen-bond acceptors (Lipinski definition) is 1. The third-order valence-corrected chi connectivity index (χ3v) is 10.1. The van der Waals surface area contributed by atoms with Crippen molar-refractivity contribution >= 4 is 54.3 Å². The molecule has 10 rings (SSSR count). The van der Waals surface area contributed by atoms with Crippen LogP contribution in [0.3, 0.4) is 0 Å². The Hall–Kier alpha value is -6.44. The van der Waals surface area contributed by atoms with Gasteiger partial charge in [-0.05, 0) is 89.5 Å². The first-order valence-corrected chi connectivity index (χ1v) is 16.8. The molecule has 1 nitrogen and oxygen atoms in total. The molecule has 0 aliphatic carbocycles. The lowest BCUT2D eigenvalue weighted by molar-refractivity contribution is 0.670. The van der Waals surface area contributed by atoms with E-state index in [4.69, 9.17) is 4.42 Å². The zero-order valence-corrected chi connectivity index (χ0v) is 26.7. The van der Waals surface area contributed by atoms with E-state index < -0.39 is 0 Å². The van der Waals surface area contributed by atoms with Crippen molar-refractivity contribution in [3.8, 4) is 44.5 Å². The molecule has 0 aliphatic rings. The first-order valence-electron chi connectivity index (χ1n) is 16.8. The van der Waals surface area contributed by atoms with Crippen LogP contribution in [-0.4, -0.2) is 0 Å². The largest absolute Gasteiger partial charge is 0.455 e. The van der Waals surface area contributed by atoms with E-state index in [2.05, 4.69) is 176 Å². The van der Waals surface area contributed by atoms with Crippen LogP contribution in [0.2, 0.25) is 0 Å². The Morgan fingerprint density at radius 3 is 1.59 bits per heavy atom. The third-order valence-electron chi connectivity index (χ3n) is 10.1. The molecule has 0 saturated heterocycles. The van der Waals surface area contributed by atoms with E-state index in [1.165, 1.54) is 65.7 Å². The van der Waals surface area contributed by atoms with Gasteiger partial charge in [0.1, 0.15) is 11.2 Å². The number of fused-ring (bicyclic) bond motifs is 6. The van der Waals surface area contributed by atoms with Gasteiger partial charge in [0.25, 0.3) is 0 Å². The van der Waals surface area contributed by atoms with Crippen LogP contribution in [0.5, 0.6) is 0 Å². The Labute approximate surface area is 284 Å². The molecule has 228 valence electrons. The summed E-state index contributed by atoms with van der Waals surface area (Å²) in [5.74, 6) is 0. The number of para-hydroxylation sites is 2. The normalized spacial score (nSPS) is 11.7. The van der Waals surface area contributed by atoms with Gasteiger partial charge >= 0.3 is 0 Å². The van der Waals surface area contributed by atoms with Crippen LogP contribution in [0, 0.1) is 0 Å². The Morgan fingerprint density at radius 1 is 0.286 bits per heavy atom. The minimum absolute atomic E-state index is 0.911. The standard InChI is InChI=1S/C48H30O/c1-2-14-32-29-34(28-27-31(32)13-1)33-15-11-16-35(30-33)46-39-20-5-7-22-41(39)47(42-23-8-6-21-40(42)46)38-19-4-3-17-36(38)43-24-12-25-44-37-18-9-10-26-45(37)49-48(43)44/h1-30H. The minimum Gasteiger partial charge on any atom is -0.455 e. The van der Waals surface area contributed by atoms with E-state index in [1.807, 2.05) is 6.07 Å². The predicted octanol–water partition coefficient (Wildman–Crippen LogP) is 13.7. The summed E-state index contributed by atoms with van der Waals surface area (Å²) in [5.41, 5.74) is 11.4. The Balaban J connectivity index is 1.23. The topological polar surface area (TPSA) is 13.1 Å². The van der Waals surface area contributed by atoms with Crippen LogP contribution in [0.4, 0.5) is 0 Å². The van der Waals surface area contributed by atoms with E-state index in [0.29, 0.717) is 0 Å². The highest BCUT2D eigenvalue weighted by atomic mass is 16.3. The van der Waals surface area contributed by atoms with E-state index in [0.717, 1.165) is 33.1 Å². The molecule has 0 radical (unpaired) electrons. The first kappa shape index (κ1) is 27.7. The third kappa shape index (κ3) is 4.40. The fourth-order valence-corrected chi connectivity index (χ4v) is 7.85. The van der Waals surface area contributed by atoms with Gasteiger partial charge < -0.3 is 4.42 Å². The van der Waals surface area contributed by atoms with Crippen molar-refractivity contribution in [3.05, 3.63) is 182 Å². The lowest BCUT2D eigenvalue weighted by Crippen LogP contribution is -1.93. The minimum atomic E-state index is 0.911. The summed E-state index contributed by atoms with van der Waals surface area (Å²) >= 11 is 0. The Morgan fingerprint density at radius 2 is 0.816 bits per heavy atom. The summed E-state index contributed by atoms with van der Waals surface area (Å²) in [6, 6.07) is 65.8. The number of benzene rings is 9. The van der Waals surface area contributed by atoms with Crippen molar-refractivity contribution < 1.29 is 4.42 Å². The smallest absolute Gasteiger partial charge is 0.143 e. The molecule has 0 spiro atoms. The van der Waals surface area contributed by atoms with Crippen LogP contribution in [0.1, 0.15) is 0 Å². The second-order valence-corrected chi connectivity index (χ2v) is 12.8. The summed E-state index contributed by atoms with van der Waals surface area (Å²) in [5, 5.41) is 9.73. The average molecular weight is 623 g/mol. The molecule has 0 aliphatic heterocycles. The lowest BCUT2D eigenvalue weighted by atomic mass is 9.83. The Kier molecular flexibility index (Phi) is 6.25. The molecule has 0 amide bonds. The highest BCUT2D eigenvalue weighted by Crippen LogP contribution is 2.47. The average Bonchev–Trinajstić information content (AvgIpc) is 3.56. The van der Waals surface area contributed by atoms with Gasteiger partial charge in [-0.1, -0.05) is 164 Å². The highest BCUT2D eigenvalue weighted by molar-refractivity contribution is 6.23. The quantitative estimate of drug-likeness (QED) is 0.178. The number of hydrogen-bond donors (Lipinski definition) is 0. The van der Waals surface area contributed by atoms with Crippen molar-refractivity contribution in [2.45, 2.75) is 0 Å². The van der Waals surface area contributed by atoms with Crippen molar-refractivity contribution in [2.24, 2.45) is 0 Å². The maximum absolute atomic E-state index is 6.55. The van der Waals surface area contributed by atoms with Gasteiger partial charge in [-0.3, -0.25) is 0 Å². The van der Waals surface area contributed by atoms with E-state index >= 15 is 0 Å². The molecule has 0 N–H and O–H groups in total. The van der Waals surface area contributed by atoms with Gasteiger partial charge in [-0.15, -0.1) is 0 Å². The molecule has 1 aromatic heterocycles. The van der Waals surface area contributed by atoms with E-state index in [1.54, 1.807) is 0 Å². The zero-order valence-electron chi connectivity index (χ0n) is 26.7. The van der Waals surface area contributed by atoms with Crippen LogP contribution in [-0.2, 0) is 0 Å². The van der Waals surface area contributed by atoms with Crippen molar-refractivity contribution in [1.29, 1.82) is 0 Å². The summed E-state index contributed by atoms with van der Waals surface area (Å²) in [4.78, 5) is 0. The number of rotatable bonds is 4. The molecule has 9 aromatic carbocycles. The maximum atomic E-state index is 6.55. The van der Waals surface area contributed by atoms with Gasteiger partial charge in [0.15, 0.2) is 0 Å². The fraction of sp³-hybridized carbons (Fsp3) is 0. The maximum Gasteiger partial charge on any atom is 0.143 e. The molecule has 0 atom stereocenters. The number of furan rings is 1. The SMILES string of the molecule is c1cc(-c2ccc3ccccc3c2)cc(-c2c3ccccc3c(-c3ccccc3-c3cccc4c3oc3ccccc34)c3ccccc23)c1. The van der Waals surface area contributed by atoms with E-state index in [-0.39, 0.29) is 0 Å². The molecule has 49 heavy (non-hydrogen) atoms. The second-order valence-electron chi connectivity index (χ2n) is 12.8. The highest BCUT2D eigenvalue weighted by Gasteiger charge is 2.21. The monoisotopic (exact) mass is 622 g/mol. The fourth-order valence-electron chi connectivity index (χ4n) is 7.85. The molecule has 0 saturated carbocycles. The van der Waals surface area contributed by atoms with Gasteiger partial charge in [0.05, 0.1) is 0 Å². The summed E-state index contributed by atoms with van der Waals surface area (Å²) in [6.45, 7) is 0. The Bertz CT molecular complexity index is 2830. The molecule has 0 bridgehead atoms. The van der Waals surface area contributed by atoms with Gasteiger partial charge in [0, 0.05) is 16.3 Å². The van der Waals surface area contributed by atoms with Crippen LogP contribution >= 0.6 is 0 Å². The van der Waals surface area contributed by atoms with Crippen molar-refractivity contribution in [1.82, 2.24) is 0 Å². The summed E-state index contributed by atoms with van der Waals surface area (Å²) in [6.07, 6.45) is 0. The lowest BCUT2D eigenvalue weighted by Gasteiger charge is -2.20. The van der Waals surface area contributed by atoms with Gasteiger partial charge in [-0.2, -0.15) is 0 Å². The van der Waals surface area contributed by atoms with Crippen molar-refractivity contribution in [3.63, 3.8) is 0 Å². The van der Waals surface area contributed by atoms with Gasteiger partial charge in [-0.25, -0.2) is 0 Å². The summed E-state index contributed by atoms with van der Waals surface area (Å²) < 4.78 is 6.55. The summed E-state index contributed by atoms with van der Waals surface area (Å²) in [7, 11) is 0. The predicted molar refractivity (Wildman–Crippen MR) is 208 cm³/mol. The second kappa shape index (κ2) is 11.1. The molecular formula is C48H30O. The molecule has 1 heteroatoms. The molecule has 1 heterocycles. The molecule has 10 aromatic rings. The molecule has 0 fully saturated rings. The first-order chi connectivity index (χ1) is 24.3. The molecule has 0 unspecified atom stereocenters.